The largest absolute Gasteiger partial charge is 0.291 e. The zero-order chi connectivity index (χ0) is 9.85. The van der Waals surface area contributed by atoms with Gasteiger partial charge in [0.25, 0.3) is 0 Å². The van der Waals surface area contributed by atoms with E-state index in [4.69, 9.17) is 0 Å². The molecule has 0 aromatic heterocycles. The Morgan fingerprint density at radius 3 is 2.38 bits per heavy atom. The number of ketones is 2. The van der Waals surface area contributed by atoms with Crippen molar-refractivity contribution in [3.8, 4) is 0 Å². The molecule has 2 bridgehead atoms. The standard InChI is InChI=1S/C10H13IO2/c1-9(2)6-3-4-10(9,5-11)8(13)7(6)12/h6H,3-5H2,1-2H3/t6-,10+/m1/s1. The lowest BCUT2D eigenvalue weighted by molar-refractivity contribution is -0.141. The molecule has 2 atom stereocenters. The zero-order valence-corrected chi connectivity index (χ0v) is 10.1. The third-order valence-corrected chi connectivity index (χ3v) is 5.47. The summed E-state index contributed by atoms with van der Waals surface area (Å²) in [5.74, 6) is -0.189. The summed E-state index contributed by atoms with van der Waals surface area (Å²) in [6.07, 6.45) is 1.83. The van der Waals surface area contributed by atoms with Crippen LogP contribution in [0.5, 0.6) is 0 Å². The van der Waals surface area contributed by atoms with E-state index in [1.165, 1.54) is 0 Å². The Morgan fingerprint density at radius 1 is 1.46 bits per heavy atom. The first kappa shape index (κ1) is 9.62. The summed E-state index contributed by atoms with van der Waals surface area (Å²) < 4.78 is 0.791. The summed E-state index contributed by atoms with van der Waals surface area (Å²) in [5.41, 5.74) is -0.419. The minimum absolute atomic E-state index is 0.00904. The Kier molecular flexibility index (Phi) is 1.89. The highest BCUT2D eigenvalue weighted by atomic mass is 127. The van der Waals surface area contributed by atoms with Gasteiger partial charge in [-0.3, -0.25) is 9.59 Å². The van der Waals surface area contributed by atoms with Crippen molar-refractivity contribution in [1.82, 2.24) is 0 Å². The van der Waals surface area contributed by atoms with E-state index >= 15 is 0 Å². The van der Waals surface area contributed by atoms with E-state index in [0.29, 0.717) is 0 Å². The maximum Gasteiger partial charge on any atom is 0.206 e. The predicted octanol–water partition coefficient (Wildman–Crippen LogP) is 2.00. The zero-order valence-electron chi connectivity index (χ0n) is 7.89. The number of carbonyl (C=O) groups excluding carboxylic acids is 2. The SMILES string of the molecule is CC1(C)[C@@H]2CC[C@]1(CI)C(=O)C2=O. The first-order valence-electron chi connectivity index (χ1n) is 4.62. The average Bonchev–Trinajstić information content (AvgIpc) is 2.41. The van der Waals surface area contributed by atoms with Crippen LogP contribution < -0.4 is 0 Å². The van der Waals surface area contributed by atoms with Crippen molar-refractivity contribution in [3.05, 3.63) is 0 Å². The molecule has 72 valence electrons. The molecule has 0 aliphatic heterocycles. The van der Waals surface area contributed by atoms with Crippen LogP contribution in [0.4, 0.5) is 0 Å². The molecule has 0 heterocycles. The summed E-state index contributed by atoms with van der Waals surface area (Å²) in [6, 6.07) is 0. The smallest absolute Gasteiger partial charge is 0.206 e. The van der Waals surface area contributed by atoms with Crippen molar-refractivity contribution >= 4 is 34.2 Å². The summed E-state index contributed by atoms with van der Waals surface area (Å²) in [7, 11) is 0. The van der Waals surface area contributed by atoms with Crippen LogP contribution in [0.15, 0.2) is 0 Å². The molecule has 0 radical (unpaired) electrons. The number of halogens is 1. The lowest BCUT2D eigenvalue weighted by Crippen LogP contribution is -2.38. The van der Waals surface area contributed by atoms with Crippen molar-refractivity contribution in [2.45, 2.75) is 26.7 Å². The molecule has 2 nitrogen and oxygen atoms in total. The molecular formula is C10H13IO2. The number of alkyl halides is 1. The van der Waals surface area contributed by atoms with E-state index in [9.17, 15) is 9.59 Å². The molecule has 0 spiro atoms. The third kappa shape index (κ3) is 0.845. The summed E-state index contributed by atoms with van der Waals surface area (Å²) >= 11 is 2.25. The summed E-state index contributed by atoms with van der Waals surface area (Å²) in [6.45, 7) is 4.15. The van der Waals surface area contributed by atoms with Crippen LogP contribution in [0, 0.1) is 16.7 Å². The van der Waals surface area contributed by atoms with Crippen LogP contribution in [0.3, 0.4) is 0 Å². The van der Waals surface area contributed by atoms with Gasteiger partial charge >= 0.3 is 0 Å². The van der Waals surface area contributed by atoms with Crippen LogP contribution in [0.25, 0.3) is 0 Å². The lowest BCUT2D eigenvalue weighted by atomic mass is 9.70. The summed E-state index contributed by atoms with van der Waals surface area (Å²) in [4.78, 5) is 23.4. The fourth-order valence-electron chi connectivity index (χ4n) is 2.97. The monoisotopic (exact) mass is 292 g/mol. The van der Waals surface area contributed by atoms with E-state index in [2.05, 4.69) is 36.4 Å². The normalized spacial score (nSPS) is 41.6. The number of hydrogen-bond acceptors (Lipinski definition) is 2. The van der Waals surface area contributed by atoms with Crippen LogP contribution in [0.1, 0.15) is 26.7 Å². The quantitative estimate of drug-likeness (QED) is 0.421. The molecule has 2 fully saturated rings. The molecule has 3 heteroatoms. The molecule has 13 heavy (non-hydrogen) atoms. The number of rotatable bonds is 1. The molecule has 2 aliphatic carbocycles. The van der Waals surface area contributed by atoms with Gasteiger partial charge in [-0.15, -0.1) is 0 Å². The van der Waals surface area contributed by atoms with Crippen molar-refractivity contribution in [2.24, 2.45) is 16.7 Å². The van der Waals surface area contributed by atoms with E-state index in [-0.39, 0.29) is 28.3 Å². The van der Waals surface area contributed by atoms with E-state index in [1.54, 1.807) is 0 Å². The molecule has 0 aromatic carbocycles. The topological polar surface area (TPSA) is 34.1 Å². The van der Waals surface area contributed by atoms with Gasteiger partial charge in [-0.05, 0) is 18.3 Å². The van der Waals surface area contributed by atoms with Crippen LogP contribution >= 0.6 is 22.6 Å². The molecule has 2 saturated carbocycles. The maximum absolute atomic E-state index is 11.8. The van der Waals surface area contributed by atoms with E-state index in [0.717, 1.165) is 17.3 Å². The second-order valence-corrected chi connectivity index (χ2v) is 5.48. The van der Waals surface area contributed by atoms with Gasteiger partial charge in [0, 0.05) is 10.3 Å². The second kappa shape index (κ2) is 2.55. The highest BCUT2D eigenvalue weighted by Crippen LogP contribution is 2.62. The Hall–Kier alpha value is 0.0700. The maximum atomic E-state index is 11.8. The Balaban J connectivity index is 2.56. The molecular weight excluding hydrogens is 279 g/mol. The van der Waals surface area contributed by atoms with Crippen molar-refractivity contribution < 1.29 is 9.59 Å². The number of Topliss-reactive ketones (excluding diaryl/α,β-unsaturated/α-hetero) is 2. The van der Waals surface area contributed by atoms with Gasteiger partial charge in [-0.25, -0.2) is 0 Å². The fourth-order valence-corrected chi connectivity index (χ4v) is 4.68. The van der Waals surface area contributed by atoms with Gasteiger partial charge in [-0.2, -0.15) is 0 Å². The molecule has 0 N–H and O–H groups in total. The first-order valence-corrected chi connectivity index (χ1v) is 6.14. The highest BCUT2D eigenvalue weighted by Gasteiger charge is 2.68. The summed E-state index contributed by atoms with van der Waals surface area (Å²) in [5, 5.41) is 0. The number of carbonyl (C=O) groups is 2. The van der Waals surface area contributed by atoms with Crippen molar-refractivity contribution in [2.75, 3.05) is 4.43 Å². The highest BCUT2D eigenvalue weighted by molar-refractivity contribution is 14.1. The molecule has 0 saturated heterocycles. The Labute approximate surface area is 91.6 Å². The molecule has 0 aromatic rings. The first-order chi connectivity index (χ1) is 5.97. The van der Waals surface area contributed by atoms with Gasteiger partial charge in [-0.1, -0.05) is 36.4 Å². The van der Waals surface area contributed by atoms with Crippen LogP contribution in [0.2, 0.25) is 0 Å². The van der Waals surface area contributed by atoms with E-state index in [1.807, 2.05) is 0 Å². The minimum Gasteiger partial charge on any atom is -0.291 e. The molecule has 2 aliphatic rings. The minimum atomic E-state index is -0.324. The Bertz CT molecular complexity index is 295. The fraction of sp³-hybridized carbons (Fsp3) is 0.800. The van der Waals surface area contributed by atoms with Gasteiger partial charge in [0.15, 0.2) is 0 Å². The molecule has 0 amide bonds. The number of fused-ring (bicyclic) bond motifs is 2. The van der Waals surface area contributed by atoms with Gasteiger partial charge < -0.3 is 0 Å². The second-order valence-electron chi connectivity index (χ2n) is 4.72. The lowest BCUT2D eigenvalue weighted by Gasteiger charge is -2.33. The van der Waals surface area contributed by atoms with Gasteiger partial charge in [0.1, 0.15) is 0 Å². The van der Waals surface area contributed by atoms with Crippen LogP contribution in [-0.4, -0.2) is 16.0 Å². The molecule has 2 rings (SSSR count). The molecule has 0 unspecified atom stereocenters. The van der Waals surface area contributed by atoms with Gasteiger partial charge in [0.2, 0.25) is 11.6 Å². The van der Waals surface area contributed by atoms with Crippen molar-refractivity contribution in [3.63, 3.8) is 0 Å². The Morgan fingerprint density at radius 2 is 2.08 bits per heavy atom. The predicted molar refractivity (Wildman–Crippen MR) is 57.8 cm³/mol. The third-order valence-electron chi connectivity index (χ3n) is 4.17. The number of hydrogen-bond donors (Lipinski definition) is 0. The van der Waals surface area contributed by atoms with E-state index < -0.39 is 0 Å². The van der Waals surface area contributed by atoms with Gasteiger partial charge in [0.05, 0.1) is 5.41 Å². The average molecular weight is 292 g/mol. The van der Waals surface area contributed by atoms with Crippen molar-refractivity contribution in [1.29, 1.82) is 0 Å². The van der Waals surface area contributed by atoms with Crippen LogP contribution in [-0.2, 0) is 9.59 Å².